The zero-order valence-electron chi connectivity index (χ0n) is 19.5. The SMILES string of the molecule is CCCCc1n[n+](CCCC)c(CCCC)n1NC.COC(C)(C[P+](=O)[O-])OC. The Labute approximate surface area is 177 Å². The van der Waals surface area contributed by atoms with Crippen molar-refractivity contribution in [2.45, 2.75) is 91.4 Å². The summed E-state index contributed by atoms with van der Waals surface area (Å²) < 4.78 is 24.2. The Morgan fingerprint density at radius 3 is 2.07 bits per heavy atom. The van der Waals surface area contributed by atoms with Gasteiger partial charge >= 0.3 is 13.9 Å². The molecule has 1 N–H and O–H groups in total. The maximum Gasteiger partial charge on any atom is 0.314 e. The van der Waals surface area contributed by atoms with Crippen LogP contribution in [0.5, 0.6) is 0 Å². The van der Waals surface area contributed by atoms with Gasteiger partial charge in [0.25, 0.3) is 5.82 Å². The van der Waals surface area contributed by atoms with E-state index in [1.807, 2.05) is 7.05 Å². The predicted octanol–water partition coefficient (Wildman–Crippen LogP) is 2.93. The fraction of sp³-hybridized carbons (Fsp3) is 0.900. The molecule has 1 atom stereocenters. The molecule has 8 nitrogen and oxygen atoms in total. The minimum absolute atomic E-state index is 0.116. The van der Waals surface area contributed by atoms with Crippen LogP contribution in [0.1, 0.15) is 77.9 Å². The van der Waals surface area contributed by atoms with E-state index in [1.54, 1.807) is 6.92 Å². The number of rotatable bonds is 14. The van der Waals surface area contributed by atoms with Gasteiger partial charge in [0.05, 0.1) is 6.42 Å². The smallest absolute Gasteiger partial charge is 0.314 e. The van der Waals surface area contributed by atoms with Crippen LogP contribution in [-0.4, -0.2) is 43.0 Å². The highest BCUT2D eigenvalue weighted by molar-refractivity contribution is 7.36. The summed E-state index contributed by atoms with van der Waals surface area (Å²) in [5.41, 5.74) is 3.31. The van der Waals surface area contributed by atoms with E-state index in [2.05, 4.69) is 35.6 Å². The minimum atomic E-state index is -2.45. The van der Waals surface area contributed by atoms with E-state index >= 15 is 0 Å². The Morgan fingerprint density at radius 1 is 1.10 bits per heavy atom. The van der Waals surface area contributed by atoms with Crippen molar-refractivity contribution in [3.8, 4) is 0 Å². The lowest BCUT2D eigenvalue weighted by atomic mass is 10.2. The summed E-state index contributed by atoms with van der Waals surface area (Å²) in [6, 6.07) is 0. The summed E-state index contributed by atoms with van der Waals surface area (Å²) in [5.74, 6) is 1.53. The highest BCUT2D eigenvalue weighted by Gasteiger charge is 2.29. The number of hydrogen-bond acceptors (Lipinski definition) is 6. The first-order valence-electron chi connectivity index (χ1n) is 10.7. The molecule has 0 saturated carbocycles. The standard InChI is InChI=1S/C15H31N4.C5H11O4P/c1-5-8-11-14-17-18(13-10-7-3)15(12-9-6-2)19(14)16-4;1-5(8-2,9-3)4-10(6)7/h16H,5-13H2,1-4H3;4H2,1-3H3/q+1;. The van der Waals surface area contributed by atoms with Crippen molar-refractivity contribution in [3.05, 3.63) is 11.6 Å². The highest BCUT2D eigenvalue weighted by Crippen LogP contribution is 2.20. The molecule has 0 saturated heterocycles. The lowest BCUT2D eigenvalue weighted by Crippen LogP contribution is -2.41. The number of methoxy groups -OCH3 is 2. The second-order valence-corrected chi connectivity index (χ2v) is 8.19. The van der Waals surface area contributed by atoms with Gasteiger partial charge in [-0.25, -0.2) is 0 Å². The van der Waals surface area contributed by atoms with Crippen LogP contribution in [0, 0.1) is 0 Å². The lowest BCUT2D eigenvalue weighted by molar-refractivity contribution is -0.759. The fourth-order valence-corrected chi connectivity index (χ4v) is 3.50. The molecule has 0 aliphatic heterocycles. The molecule has 0 aromatic carbocycles. The van der Waals surface area contributed by atoms with E-state index < -0.39 is 13.8 Å². The summed E-state index contributed by atoms with van der Waals surface area (Å²) in [7, 11) is 2.36. The summed E-state index contributed by atoms with van der Waals surface area (Å²) >= 11 is 0. The Kier molecular flexibility index (Phi) is 15.1. The second-order valence-electron chi connectivity index (χ2n) is 7.21. The number of aromatic nitrogens is 3. The van der Waals surface area contributed by atoms with Crippen molar-refractivity contribution in [3.63, 3.8) is 0 Å². The first-order valence-corrected chi connectivity index (χ1v) is 12.1. The minimum Gasteiger partial charge on any atom is -0.595 e. The molecule has 0 radical (unpaired) electrons. The van der Waals surface area contributed by atoms with Crippen LogP contribution >= 0.6 is 8.03 Å². The van der Waals surface area contributed by atoms with Gasteiger partial charge in [0.2, 0.25) is 5.79 Å². The van der Waals surface area contributed by atoms with Crippen LogP contribution in [0.3, 0.4) is 0 Å². The van der Waals surface area contributed by atoms with Gasteiger partial charge in [0, 0.05) is 27.7 Å². The maximum absolute atomic E-state index is 10.2. The van der Waals surface area contributed by atoms with Gasteiger partial charge < -0.3 is 14.4 Å². The van der Waals surface area contributed by atoms with Crippen LogP contribution in [0.15, 0.2) is 0 Å². The normalized spacial score (nSPS) is 11.8. The fourth-order valence-electron chi connectivity index (χ4n) is 2.77. The predicted molar refractivity (Wildman–Crippen MR) is 115 cm³/mol. The van der Waals surface area contributed by atoms with Gasteiger partial charge in [-0.2, -0.15) is 0 Å². The van der Waals surface area contributed by atoms with Crippen molar-refractivity contribution in [2.75, 3.05) is 32.9 Å². The van der Waals surface area contributed by atoms with Gasteiger partial charge in [-0.1, -0.05) is 44.6 Å². The van der Waals surface area contributed by atoms with Crippen LogP contribution in [0.4, 0.5) is 0 Å². The largest absolute Gasteiger partial charge is 0.595 e. The molecule has 0 fully saturated rings. The average molecular weight is 434 g/mol. The number of hydrogen-bond donors (Lipinski definition) is 1. The topological polar surface area (TPSA) is 92.3 Å². The average Bonchev–Trinajstić information content (AvgIpc) is 3.05. The third-order valence-electron chi connectivity index (χ3n) is 4.79. The molecule has 1 rings (SSSR count). The monoisotopic (exact) mass is 433 g/mol. The van der Waals surface area contributed by atoms with Crippen molar-refractivity contribution >= 4 is 8.03 Å². The van der Waals surface area contributed by atoms with Crippen molar-refractivity contribution in [1.82, 2.24) is 9.77 Å². The Hall–Kier alpha value is -1.08. The molecule has 0 spiro atoms. The summed E-state index contributed by atoms with van der Waals surface area (Å²) in [6.45, 7) is 9.32. The quantitative estimate of drug-likeness (QED) is 0.276. The number of ether oxygens (including phenoxy) is 2. The molecule has 0 aliphatic carbocycles. The molecule has 1 aromatic rings. The van der Waals surface area contributed by atoms with E-state index in [4.69, 9.17) is 14.6 Å². The van der Waals surface area contributed by atoms with Gasteiger partial charge in [-0.05, 0) is 31.3 Å². The van der Waals surface area contributed by atoms with Gasteiger partial charge in [0.15, 0.2) is 6.16 Å². The molecule has 1 aromatic heterocycles. The maximum atomic E-state index is 10.2. The molecule has 29 heavy (non-hydrogen) atoms. The first-order chi connectivity index (χ1) is 13.8. The Balaban J connectivity index is 0.000000665. The van der Waals surface area contributed by atoms with E-state index in [0.29, 0.717) is 0 Å². The van der Waals surface area contributed by atoms with E-state index in [1.165, 1.54) is 64.4 Å². The summed E-state index contributed by atoms with van der Waals surface area (Å²) in [4.78, 5) is 10.2. The highest BCUT2D eigenvalue weighted by atomic mass is 31.1. The number of aryl methyl sites for hydroxylation is 2. The second kappa shape index (κ2) is 15.7. The third kappa shape index (κ3) is 10.5. The molecular weight excluding hydrogens is 391 g/mol. The van der Waals surface area contributed by atoms with E-state index in [-0.39, 0.29) is 6.16 Å². The lowest BCUT2D eigenvalue weighted by Gasteiger charge is -2.21. The number of nitrogens with one attached hydrogen (secondary N) is 1. The zero-order chi connectivity index (χ0) is 22.3. The van der Waals surface area contributed by atoms with Crippen molar-refractivity contribution < 1.29 is 23.6 Å². The molecular formula is C20H42N4O4P+. The first kappa shape index (κ1) is 27.9. The van der Waals surface area contributed by atoms with Crippen LogP contribution in [0.25, 0.3) is 0 Å². The summed E-state index contributed by atoms with van der Waals surface area (Å²) in [5, 5.41) is 4.83. The van der Waals surface area contributed by atoms with E-state index in [0.717, 1.165) is 19.4 Å². The number of unbranched alkanes of at least 4 members (excludes halogenated alkanes) is 3. The molecule has 170 valence electrons. The molecule has 9 heteroatoms. The number of nitrogens with zero attached hydrogens (tertiary/aromatic N) is 3. The molecule has 1 heterocycles. The molecule has 1 unspecified atom stereocenters. The van der Waals surface area contributed by atoms with Crippen LogP contribution < -0.4 is 15.0 Å². The molecule has 0 amide bonds. The van der Waals surface area contributed by atoms with E-state index in [9.17, 15) is 9.46 Å². The van der Waals surface area contributed by atoms with Gasteiger partial charge in [0.1, 0.15) is 6.54 Å². The molecule has 0 aliphatic rings. The van der Waals surface area contributed by atoms with Crippen molar-refractivity contribution in [2.24, 2.45) is 0 Å². The Morgan fingerprint density at radius 2 is 1.66 bits per heavy atom. The molecule has 0 bridgehead atoms. The zero-order valence-corrected chi connectivity index (χ0v) is 20.4. The van der Waals surface area contributed by atoms with Crippen molar-refractivity contribution in [1.29, 1.82) is 0 Å². The van der Waals surface area contributed by atoms with Gasteiger partial charge in [-0.15, -0.1) is 9.36 Å². The third-order valence-corrected chi connectivity index (χ3v) is 5.62. The van der Waals surface area contributed by atoms with Gasteiger partial charge in [-0.3, -0.25) is 5.43 Å². The summed E-state index contributed by atoms with van der Waals surface area (Å²) in [6.07, 6.45) is 9.37. The Bertz CT molecular complexity index is 577. The van der Waals surface area contributed by atoms with Crippen LogP contribution in [-0.2, 0) is 33.4 Å². The van der Waals surface area contributed by atoms with Crippen LogP contribution in [0.2, 0.25) is 0 Å².